The van der Waals surface area contributed by atoms with E-state index in [1.807, 2.05) is 43.3 Å². The van der Waals surface area contributed by atoms with Crippen LogP contribution in [0.5, 0.6) is 11.5 Å². The number of fused-ring (bicyclic) bond motifs is 1. The van der Waals surface area contributed by atoms with Crippen molar-refractivity contribution < 1.29 is 19.1 Å². The van der Waals surface area contributed by atoms with Gasteiger partial charge in [-0.2, -0.15) is 5.10 Å². The molecule has 0 heterocycles. The average Bonchev–Trinajstić information content (AvgIpc) is 2.85. The van der Waals surface area contributed by atoms with Gasteiger partial charge in [0.05, 0.1) is 11.8 Å². The fourth-order valence-electron chi connectivity index (χ4n) is 3.25. The Morgan fingerprint density at radius 1 is 0.941 bits per heavy atom. The van der Waals surface area contributed by atoms with Gasteiger partial charge in [-0.3, -0.25) is 4.79 Å². The highest BCUT2D eigenvalue weighted by Crippen LogP contribution is 2.22. The molecule has 1 amide bonds. The van der Waals surface area contributed by atoms with Gasteiger partial charge < -0.3 is 9.47 Å². The van der Waals surface area contributed by atoms with Gasteiger partial charge >= 0.3 is 5.97 Å². The summed E-state index contributed by atoms with van der Waals surface area (Å²) in [5.74, 6) is 0.131. The van der Waals surface area contributed by atoms with Gasteiger partial charge in [0, 0.05) is 5.02 Å². The molecule has 0 aromatic heterocycles. The van der Waals surface area contributed by atoms with E-state index in [9.17, 15) is 9.59 Å². The van der Waals surface area contributed by atoms with Crippen molar-refractivity contribution in [1.82, 2.24) is 5.43 Å². The summed E-state index contributed by atoms with van der Waals surface area (Å²) in [4.78, 5) is 24.6. The lowest BCUT2D eigenvalue weighted by Crippen LogP contribution is -2.24. The summed E-state index contributed by atoms with van der Waals surface area (Å²) in [6.07, 6.45) is 1.49. The van der Waals surface area contributed by atoms with Crippen LogP contribution in [0.2, 0.25) is 5.02 Å². The van der Waals surface area contributed by atoms with Crippen LogP contribution in [0, 0.1) is 6.92 Å². The molecule has 4 aromatic carbocycles. The average molecular weight is 473 g/mol. The van der Waals surface area contributed by atoms with Gasteiger partial charge in [-0.25, -0.2) is 10.2 Å². The Kier molecular flexibility index (Phi) is 7.20. The minimum absolute atomic E-state index is 0.179. The maximum absolute atomic E-state index is 12.6. The first-order chi connectivity index (χ1) is 16.5. The van der Waals surface area contributed by atoms with Gasteiger partial charge in [-0.1, -0.05) is 48.0 Å². The Morgan fingerprint density at radius 2 is 1.68 bits per heavy atom. The lowest BCUT2D eigenvalue weighted by atomic mass is 10.0. The second-order valence-electron chi connectivity index (χ2n) is 7.48. The van der Waals surface area contributed by atoms with Crippen molar-refractivity contribution in [3.05, 3.63) is 107 Å². The monoisotopic (exact) mass is 472 g/mol. The number of carbonyl (C=O) groups excluding carboxylic acids is 2. The van der Waals surface area contributed by atoms with Crippen molar-refractivity contribution in [1.29, 1.82) is 0 Å². The summed E-state index contributed by atoms with van der Waals surface area (Å²) in [6, 6.07) is 25.1. The lowest BCUT2D eigenvalue weighted by Gasteiger charge is -2.07. The van der Waals surface area contributed by atoms with Crippen LogP contribution in [0.3, 0.4) is 0 Å². The van der Waals surface area contributed by atoms with E-state index in [2.05, 4.69) is 10.5 Å². The van der Waals surface area contributed by atoms with Crippen molar-refractivity contribution in [2.75, 3.05) is 6.61 Å². The molecule has 0 saturated carbocycles. The molecule has 0 aliphatic heterocycles. The predicted octanol–water partition coefficient (Wildman–Crippen LogP) is 5.55. The molecule has 0 unspecified atom stereocenters. The van der Waals surface area contributed by atoms with E-state index < -0.39 is 11.9 Å². The number of carbonyl (C=O) groups is 2. The Bertz CT molecular complexity index is 1360. The topological polar surface area (TPSA) is 77.0 Å². The van der Waals surface area contributed by atoms with E-state index in [1.54, 1.807) is 48.5 Å². The van der Waals surface area contributed by atoms with Crippen LogP contribution in [-0.2, 0) is 4.79 Å². The molecule has 0 aliphatic rings. The molecular weight excluding hydrogens is 452 g/mol. The Hall–Kier alpha value is -4.16. The highest BCUT2D eigenvalue weighted by Gasteiger charge is 2.12. The zero-order valence-electron chi connectivity index (χ0n) is 18.3. The standard InChI is InChI=1S/C27H21ClN2O4/c1-18-15-22(13-14-25(18)28)33-17-26(31)30-29-16-19-9-11-21(12-10-19)34-27(32)24-8-4-6-20-5-2-3-7-23(20)24/h2-16H,17H2,1H3,(H,30,31)/b29-16-. The molecule has 0 radical (unpaired) electrons. The van der Waals surface area contributed by atoms with E-state index in [4.69, 9.17) is 21.1 Å². The number of hydrogen-bond acceptors (Lipinski definition) is 5. The van der Waals surface area contributed by atoms with E-state index >= 15 is 0 Å². The quantitative estimate of drug-likeness (QED) is 0.165. The van der Waals surface area contributed by atoms with Gasteiger partial charge in [-0.15, -0.1) is 0 Å². The summed E-state index contributed by atoms with van der Waals surface area (Å²) in [5, 5.41) is 6.37. The number of amides is 1. The molecular formula is C27H21ClN2O4. The first kappa shape index (κ1) is 23.0. The molecule has 1 N–H and O–H groups in total. The summed E-state index contributed by atoms with van der Waals surface area (Å²) in [7, 11) is 0. The van der Waals surface area contributed by atoms with Crippen LogP contribution >= 0.6 is 11.6 Å². The molecule has 34 heavy (non-hydrogen) atoms. The Balaban J connectivity index is 1.29. The first-order valence-corrected chi connectivity index (χ1v) is 10.9. The maximum atomic E-state index is 12.6. The number of rotatable bonds is 7. The number of benzene rings is 4. The summed E-state index contributed by atoms with van der Waals surface area (Å²) < 4.78 is 10.9. The van der Waals surface area contributed by atoms with Crippen molar-refractivity contribution in [3.8, 4) is 11.5 Å². The van der Waals surface area contributed by atoms with Gasteiger partial charge in [0.1, 0.15) is 11.5 Å². The minimum Gasteiger partial charge on any atom is -0.484 e. The van der Waals surface area contributed by atoms with Crippen molar-refractivity contribution in [2.24, 2.45) is 5.10 Å². The molecule has 6 nitrogen and oxygen atoms in total. The number of ether oxygens (including phenoxy) is 2. The highest BCUT2D eigenvalue weighted by molar-refractivity contribution is 6.31. The van der Waals surface area contributed by atoms with Gasteiger partial charge in [0.15, 0.2) is 6.61 Å². The van der Waals surface area contributed by atoms with Crippen LogP contribution in [0.15, 0.2) is 90.0 Å². The van der Waals surface area contributed by atoms with Crippen molar-refractivity contribution in [2.45, 2.75) is 6.92 Å². The molecule has 4 aromatic rings. The summed E-state index contributed by atoms with van der Waals surface area (Å²) >= 11 is 5.98. The number of nitrogens with one attached hydrogen (secondary N) is 1. The maximum Gasteiger partial charge on any atom is 0.344 e. The van der Waals surface area contributed by atoms with E-state index in [0.29, 0.717) is 22.1 Å². The van der Waals surface area contributed by atoms with Crippen molar-refractivity contribution >= 4 is 40.5 Å². The smallest absolute Gasteiger partial charge is 0.344 e. The number of hydrazone groups is 1. The van der Waals surface area contributed by atoms with Gasteiger partial charge in [-0.05, 0) is 77.4 Å². The number of esters is 1. The zero-order chi connectivity index (χ0) is 23.9. The third-order valence-electron chi connectivity index (χ3n) is 5.00. The summed E-state index contributed by atoms with van der Waals surface area (Å²) in [5.41, 5.74) is 4.50. The fourth-order valence-corrected chi connectivity index (χ4v) is 3.37. The van der Waals surface area contributed by atoms with Crippen LogP contribution in [0.25, 0.3) is 10.8 Å². The molecule has 0 bridgehead atoms. The second-order valence-corrected chi connectivity index (χ2v) is 7.89. The second kappa shape index (κ2) is 10.6. The SMILES string of the molecule is Cc1cc(OCC(=O)N/N=C\c2ccc(OC(=O)c3cccc4ccccc34)cc2)ccc1Cl. The molecule has 0 saturated heterocycles. The zero-order valence-corrected chi connectivity index (χ0v) is 19.1. The number of nitrogens with zero attached hydrogens (tertiary/aromatic N) is 1. The number of aryl methyl sites for hydroxylation is 1. The first-order valence-electron chi connectivity index (χ1n) is 10.5. The molecule has 7 heteroatoms. The fraction of sp³-hybridized carbons (Fsp3) is 0.0741. The lowest BCUT2D eigenvalue weighted by molar-refractivity contribution is -0.123. The molecule has 0 fully saturated rings. The van der Waals surface area contributed by atoms with E-state index in [0.717, 1.165) is 21.9 Å². The predicted molar refractivity (Wildman–Crippen MR) is 133 cm³/mol. The van der Waals surface area contributed by atoms with Crippen LogP contribution in [-0.4, -0.2) is 24.7 Å². The largest absolute Gasteiger partial charge is 0.484 e. The highest BCUT2D eigenvalue weighted by atomic mass is 35.5. The Morgan fingerprint density at radius 3 is 2.47 bits per heavy atom. The normalized spacial score (nSPS) is 10.9. The van der Waals surface area contributed by atoms with E-state index in [1.165, 1.54) is 6.21 Å². The molecule has 4 rings (SSSR count). The van der Waals surface area contributed by atoms with Gasteiger partial charge in [0.25, 0.3) is 5.91 Å². The molecule has 0 aliphatic carbocycles. The van der Waals surface area contributed by atoms with Crippen LogP contribution in [0.1, 0.15) is 21.5 Å². The summed E-state index contributed by atoms with van der Waals surface area (Å²) in [6.45, 7) is 1.68. The number of halogens is 1. The number of hydrogen-bond donors (Lipinski definition) is 1. The molecule has 0 spiro atoms. The van der Waals surface area contributed by atoms with Crippen LogP contribution < -0.4 is 14.9 Å². The van der Waals surface area contributed by atoms with Crippen LogP contribution in [0.4, 0.5) is 0 Å². The van der Waals surface area contributed by atoms with Gasteiger partial charge in [0.2, 0.25) is 0 Å². The minimum atomic E-state index is -0.429. The third kappa shape index (κ3) is 5.79. The third-order valence-corrected chi connectivity index (χ3v) is 5.43. The Labute approximate surface area is 201 Å². The van der Waals surface area contributed by atoms with Crippen molar-refractivity contribution in [3.63, 3.8) is 0 Å². The molecule has 170 valence electrons. The molecule has 0 atom stereocenters. The van der Waals surface area contributed by atoms with E-state index in [-0.39, 0.29) is 6.61 Å².